The highest BCUT2D eigenvalue weighted by molar-refractivity contribution is 7.91. The van der Waals surface area contributed by atoms with E-state index in [0.29, 0.717) is 17.4 Å². The second-order valence-corrected chi connectivity index (χ2v) is 7.44. The first-order valence-corrected chi connectivity index (χ1v) is 8.34. The fourth-order valence-electron chi connectivity index (χ4n) is 1.96. The van der Waals surface area contributed by atoms with Crippen molar-refractivity contribution in [1.82, 2.24) is 5.32 Å². The van der Waals surface area contributed by atoms with Crippen LogP contribution in [0.3, 0.4) is 0 Å². The number of nitrogens with one attached hydrogen (secondary N) is 1. The van der Waals surface area contributed by atoms with Crippen molar-refractivity contribution in [3.63, 3.8) is 0 Å². The third-order valence-corrected chi connectivity index (χ3v) is 5.46. The Morgan fingerprint density at radius 1 is 1.38 bits per heavy atom. The fourth-order valence-corrected chi connectivity index (χ4v) is 4.21. The lowest BCUT2D eigenvalue weighted by molar-refractivity contribution is 0.432. The van der Waals surface area contributed by atoms with Crippen molar-refractivity contribution in [3.05, 3.63) is 22.4 Å². The van der Waals surface area contributed by atoms with Gasteiger partial charge in [-0.3, -0.25) is 0 Å². The van der Waals surface area contributed by atoms with Crippen molar-refractivity contribution in [3.8, 4) is 0 Å². The van der Waals surface area contributed by atoms with Gasteiger partial charge in [0, 0.05) is 6.54 Å². The van der Waals surface area contributed by atoms with E-state index in [0.717, 1.165) is 25.9 Å². The van der Waals surface area contributed by atoms with E-state index in [1.165, 1.54) is 5.56 Å². The summed E-state index contributed by atoms with van der Waals surface area (Å²) in [4.78, 5) is 0. The second kappa shape index (κ2) is 5.29. The molecule has 1 aromatic heterocycles. The maximum absolute atomic E-state index is 11.2. The van der Waals surface area contributed by atoms with Crippen LogP contribution >= 0.6 is 11.3 Å². The van der Waals surface area contributed by atoms with Gasteiger partial charge in [-0.25, -0.2) is 8.42 Å². The van der Waals surface area contributed by atoms with E-state index in [4.69, 9.17) is 0 Å². The van der Waals surface area contributed by atoms with Crippen molar-refractivity contribution in [2.45, 2.75) is 19.4 Å². The third kappa shape index (κ3) is 3.57. The van der Waals surface area contributed by atoms with Crippen LogP contribution < -0.4 is 5.32 Å². The lowest BCUT2D eigenvalue weighted by Crippen LogP contribution is -2.30. The summed E-state index contributed by atoms with van der Waals surface area (Å²) in [5.41, 5.74) is 1.31. The lowest BCUT2D eigenvalue weighted by atomic mass is 10.0. The molecule has 0 atom stereocenters. The van der Waals surface area contributed by atoms with E-state index in [1.54, 1.807) is 11.3 Å². The standard InChI is InChI=1S/C11H17NO2S2/c13-16(14)5-2-10(3-6-16)7-12-8-11-1-4-15-9-11/h1,4,9-10,12H,2-3,5-8H2. The number of rotatable bonds is 4. The predicted molar refractivity (Wildman–Crippen MR) is 67.4 cm³/mol. The zero-order chi connectivity index (χ0) is 11.4. The van der Waals surface area contributed by atoms with Crippen molar-refractivity contribution < 1.29 is 8.42 Å². The van der Waals surface area contributed by atoms with Crippen LogP contribution in [0.25, 0.3) is 0 Å². The molecule has 1 saturated heterocycles. The molecule has 1 aromatic rings. The minimum Gasteiger partial charge on any atom is -0.312 e. The topological polar surface area (TPSA) is 46.2 Å². The van der Waals surface area contributed by atoms with Gasteiger partial charge in [0.15, 0.2) is 0 Å². The molecule has 0 unspecified atom stereocenters. The van der Waals surface area contributed by atoms with Gasteiger partial charge in [0.25, 0.3) is 0 Å². The Bertz CT molecular complexity index is 397. The molecule has 1 aliphatic rings. The molecule has 16 heavy (non-hydrogen) atoms. The van der Waals surface area contributed by atoms with Crippen LogP contribution in [-0.2, 0) is 16.4 Å². The highest BCUT2D eigenvalue weighted by Gasteiger charge is 2.22. The van der Waals surface area contributed by atoms with Gasteiger partial charge in [0.05, 0.1) is 11.5 Å². The van der Waals surface area contributed by atoms with Crippen LogP contribution in [0.4, 0.5) is 0 Å². The molecule has 2 heterocycles. The van der Waals surface area contributed by atoms with Crippen molar-refractivity contribution in [2.24, 2.45) is 5.92 Å². The number of thiophene rings is 1. The van der Waals surface area contributed by atoms with Crippen LogP contribution in [0.5, 0.6) is 0 Å². The average molecular weight is 259 g/mol. The van der Waals surface area contributed by atoms with Crippen LogP contribution in [-0.4, -0.2) is 26.5 Å². The monoisotopic (exact) mass is 259 g/mol. The molecule has 0 amide bonds. The molecule has 0 aliphatic carbocycles. The third-order valence-electron chi connectivity index (χ3n) is 3.02. The summed E-state index contributed by atoms with van der Waals surface area (Å²) in [5.74, 6) is 1.28. The Balaban J connectivity index is 1.68. The summed E-state index contributed by atoms with van der Waals surface area (Å²) in [5, 5.41) is 7.61. The van der Waals surface area contributed by atoms with Crippen LogP contribution in [0.2, 0.25) is 0 Å². The Labute approximate surface area is 101 Å². The van der Waals surface area contributed by atoms with E-state index in [2.05, 4.69) is 22.1 Å². The maximum atomic E-state index is 11.2. The van der Waals surface area contributed by atoms with Gasteiger partial charge < -0.3 is 5.32 Å². The highest BCUT2D eigenvalue weighted by Crippen LogP contribution is 2.18. The molecule has 90 valence electrons. The van der Waals surface area contributed by atoms with Gasteiger partial charge in [0.2, 0.25) is 0 Å². The average Bonchev–Trinajstić information content (AvgIpc) is 2.73. The maximum Gasteiger partial charge on any atom is 0.150 e. The minimum atomic E-state index is -2.71. The van der Waals surface area contributed by atoms with Crippen LogP contribution in [0, 0.1) is 5.92 Å². The Morgan fingerprint density at radius 3 is 2.75 bits per heavy atom. The molecule has 0 saturated carbocycles. The molecule has 0 bridgehead atoms. The molecule has 1 N–H and O–H groups in total. The summed E-state index contributed by atoms with van der Waals surface area (Å²) in [6, 6.07) is 2.11. The predicted octanol–water partition coefficient (Wildman–Crippen LogP) is 1.66. The van der Waals surface area contributed by atoms with E-state index in [-0.39, 0.29) is 0 Å². The van der Waals surface area contributed by atoms with Crippen LogP contribution in [0.15, 0.2) is 16.8 Å². The Kier molecular flexibility index (Phi) is 4.00. The van der Waals surface area contributed by atoms with Gasteiger partial charge in [0.1, 0.15) is 9.84 Å². The Morgan fingerprint density at radius 2 is 2.12 bits per heavy atom. The molecule has 0 aromatic carbocycles. The second-order valence-electron chi connectivity index (χ2n) is 4.36. The van der Waals surface area contributed by atoms with E-state index >= 15 is 0 Å². The first-order chi connectivity index (χ1) is 7.66. The van der Waals surface area contributed by atoms with Gasteiger partial charge in [-0.2, -0.15) is 11.3 Å². The summed E-state index contributed by atoms with van der Waals surface area (Å²) in [6.45, 7) is 1.83. The molecule has 2 rings (SSSR count). The largest absolute Gasteiger partial charge is 0.312 e. The molecule has 0 radical (unpaired) electrons. The summed E-state index contributed by atoms with van der Waals surface area (Å²) >= 11 is 1.71. The molecule has 3 nitrogen and oxygen atoms in total. The van der Waals surface area contributed by atoms with Gasteiger partial charge >= 0.3 is 0 Å². The minimum absolute atomic E-state index is 0.373. The van der Waals surface area contributed by atoms with Gasteiger partial charge in [-0.05, 0) is 47.7 Å². The fraction of sp³-hybridized carbons (Fsp3) is 0.636. The number of sulfone groups is 1. The van der Waals surface area contributed by atoms with Crippen molar-refractivity contribution in [2.75, 3.05) is 18.1 Å². The smallest absolute Gasteiger partial charge is 0.150 e. The van der Waals surface area contributed by atoms with Crippen molar-refractivity contribution in [1.29, 1.82) is 0 Å². The van der Waals surface area contributed by atoms with Crippen LogP contribution in [0.1, 0.15) is 18.4 Å². The molecule has 1 fully saturated rings. The normalized spacial score (nSPS) is 21.0. The zero-order valence-electron chi connectivity index (χ0n) is 9.19. The first-order valence-electron chi connectivity index (χ1n) is 5.58. The van der Waals surface area contributed by atoms with E-state index in [1.807, 2.05) is 0 Å². The summed E-state index contributed by atoms with van der Waals surface area (Å²) < 4.78 is 22.5. The molecular formula is C11H17NO2S2. The Hall–Kier alpha value is -0.390. The van der Waals surface area contributed by atoms with Gasteiger partial charge in [-0.1, -0.05) is 0 Å². The quantitative estimate of drug-likeness (QED) is 0.894. The molecule has 5 heteroatoms. The summed E-state index contributed by atoms with van der Waals surface area (Å²) in [6.07, 6.45) is 1.64. The number of hydrogen-bond donors (Lipinski definition) is 1. The highest BCUT2D eigenvalue weighted by atomic mass is 32.2. The first kappa shape index (κ1) is 12.1. The summed E-state index contributed by atoms with van der Waals surface area (Å²) in [7, 11) is -2.71. The number of hydrogen-bond acceptors (Lipinski definition) is 4. The van der Waals surface area contributed by atoms with E-state index in [9.17, 15) is 8.42 Å². The zero-order valence-corrected chi connectivity index (χ0v) is 10.8. The molecular weight excluding hydrogens is 242 g/mol. The lowest BCUT2D eigenvalue weighted by Gasteiger charge is -2.22. The van der Waals surface area contributed by atoms with Crippen molar-refractivity contribution >= 4 is 21.2 Å². The van der Waals surface area contributed by atoms with Gasteiger partial charge in [-0.15, -0.1) is 0 Å². The van der Waals surface area contributed by atoms with E-state index < -0.39 is 9.84 Å². The molecule has 0 spiro atoms. The molecule has 1 aliphatic heterocycles. The SMILES string of the molecule is O=S1(=O)CCC(CNCc2ccsc2)CC1.